The zero-order chi connectivity index (χ0) is 14.4. The zero-order valence-electron chi connectivity index (χ0n) is 11.3. The van der Waals surface area contributed by atoms with Crippen LogP contribution in [0, 0.1) is 5.41 Å². The predicted octanol–water partition coefficient (Wildman–Crippen LogP) is 1.34. The lowest BCUT2D eigenvalue weighted by atomic mass is 10.2. The topological polar surface area (TPSA) is 90.5 Å². The number of halogens is 1. The van der Waals surface area contributed by atoms with Crippen molar-refractivity contribution in [1.29, 1.82) is 5.41 Å². The first kappa shape index (κ1) is 19.3. The van der Waals surface area contributed by atoms with Gasteiger partial charge in [0.2, 0.25) is 0 Å². The van der Waals surface area contributed by atoms with E-state index in [0.29, 0.717) is 11.7 Å². The molecule has 1 aliphatic heterocycles. The number of likely N-dealkylation sites (N-methyl/N-ethyl adjacent to an activating group) is 1. The number of hydrogen-bond acceptors (Lipinski definition) is 5. The molecule has 1 rings (SSSR count). The van der Waals surface area contributed by atoms with Crippen LogP contribution in [0.5, 0.6) is 0 Å². The van der Waals surface area contributed by atoms with Crippen LogP contribution in [-0.2, 0) is 9.59 Å². The van der Waals surface area contributed by atoms with Gasteiger partial charge in [0, 0.05) is 19.3 Å². The molecule has 1 fully saturated rings. The minimum Gasteiger partial charge on any atom is -0.379 e. The van der Waals surface area contributed by atoms with Gasteiger partial charge in [-0.2, -0.15) is 0 Å². The lowest BCUT2D eigenvalue weighted by molar-refractivity contribution is -0.142. The number of carbonyl (C=O) groups is 2. The number of hydrogen-bond donors (Lipinski definition) is 2. The average Bonchev–Trinajstić information content (AvgIpc) is 2.54. The molecule has 3 N–H and O–H groups in total. The molecule has 6 nitrogen and oxygen atoms in total. The van der Waals surface area contributed by atoms with Crippen LogP contribution in [0.25, 0.3) is 0 Å². The number of nitrogens with zero attached hydrogens (tertiary/aromatic N) is 2. The summed E-state index contributed by atoms with van der Waals surface area (Å²) >= 11 is 6.38. The largest absolute Gasteiger partial charge is 0.379 e. The molecule has 0 aromatic carbocycles. The fourth-order valence-electron chi connectivity index (χ4n) is 1.72. The quantitative estimate of drug-likeness (QED) is 0.228. The van der Waals surface area contributed by atoms with E-state index >= 15 is 0 Å². The molecule has 114 valence electrons. The lowest BCUT2D eigenvalue weighted by Crippen LogP contribution is -2.32. The summed E-state index contributed by atoms with van der Waals surface area (Å²) in [5.74, 6) is -0.236. The maximum atomic E-state index is 11.6. The second kappa shape index (κ2) is 9.30. The fourth-order valence-corrected chi connectivity index (χ4v) is 2.54. The van der Waals surface area contributed by atoms with Gasteiger partial charge in [-0.1, -0.05) is 24.6 Å². The van der Waals surface area contributed by atoms with E-state index < -0.39 is 11.8 Å². The Hall–Kier alpha value is -0.670. The number of amides is 2. The predicted molar refractivity (Wildman–Crippen MR) is 90.2 cm³/mol. The van der Waals surface area contributed by atoms with Crippen LogP contribution in [-0.4, -0.2) is 51.2 Å². The van der Waals surface area contributed by atoms with Crippen LogP contribution in [0.1, 0.15) is 25.7 Å². The highest BCUT2D eigenvalue weighted by atomic mass is 79.9. The second-order valence-corrected chi connectivity index (χ2v) is 5.73. The zero-order valence-corrected chi connectivity index (χ0v) is 14.6. The van der Waals surface area contributed by atoms with Crippen LogP contribution < -0.4 is 5.73 Å². The van der Waals surface area contributed by atoms with Gasteiger partial charge in [-0.3, -0.25) is 24.8 Å². The second-order valence-electron chi connectivity index (χ2n) is 4.23. The van der Waals surface area contributed by atoms with Crippen LogP contribution in [0.2, 0.25) is 0 Å². The maximum absolute atomic E-state index is 11.6. The molecule has 0 atom stereocenters. The first-order chi connectivity index (χ1) is 8.95. The van der Waals surface area contributed by atoms with Gasteiger partial charge < -0.3 is 5.73 Å². The van der Waals surface area contributed by atoms with Crippen LogP contribution in [0.15, 0.2) is 0 Å². The van der Waals surface area contributed by atoms with Crippen molar-refractivity contribution in [3.8, 4) is 0 Å². The monoisotopic (exact) mass is 382 g/mol. The van der Waals surface area contributed by atoms with E-state index in [1.807, 2.05) is 0 Å². The van der Waals surface area contributed by atoms with Crippen LogP contribution >= 0.6 is 41.0 Å². The Labute approximate surface area is 138 Å². The van der Waals surface area contributed by atoms with Crippen molar-refractivity contribution in [2.75, 3.05) is 19.3 Å². The summed E-state index contributed by atoms with van der Waals surface area (Å²) in [6.07, 6.45) is 3.78. The third-order valence-electron chi connectivity index (χ3n) is 2.78. The number of unbranched alkanes of at least 4 members (excludes halogenated alkanes) is 3. The van der Waals surface area contributed by atoms with Crippen molar-refractivity contribution in [2.45, 2.75) is 25.7 Å². The molecule has 0 saturated carbocycles. The van der Waals surface area contributed by atoms with Gasteiger partial charge in [-0.15, -0.1) is 17.0 Å². The van der Waals surface area contributed by atoms with Crippen molar-refractivity contribution < 1.29 is 9.59 Å². The Morgan fingerprint density at radius 2 is 1.85 bits per heavy atom. The van der Waals surface area contributed by atoms with Crippen molar-refractivity contribution in [3.05, 3.63) is 0 Å². The van der Waals surface area contributed by atoms with Crippen LogP contribution in [0.3, 0.4) is 0 Å². The van der Waals surface area contributed by atoms with E-state index in [-0.39, 0.29) is 22.1 Å². The molecule has 0 aromatic rings. The molecule has 0 unspecified atom stereocenters. The number of amidine groups is 1. The van der Waals surface area contributed by atoms with E-state index in [1.54, 1.807) is 0 Å². The van der Waals surface area contributed by atoms with E-state index in [2.05, 4.69) is 0 Å². The number of nitrogens with two attached hydrogens (primary N) is 1. The Balaban J connectivity index is 0.00000361. The molecule has 0 radical (unpaired) electrons. The molecule has 0 spiro atoms. The summed E-state index contributed by atoms with van der Waals surface area (Å²) in [7, 11) is 1.52. The van der Waals surface area contributed by atoms with E-state index in [1.165, 1.54) is 28.6 Å². The van der Waals surface area contributed by atoms with Crippen molar-refractivity contribution in [2.24, 2.45) is 5.73 Å². The lowest BCUT2D eigenvalue weighted by Gasteiger charge is -2.15. The highest BCUT2D eigenvalue weighted by Gasteiger charge is 2.38. The summed E-state index contributed by atoms with van der Waals surface area (Å²) in [6.45, 7) is 0.494. The first-order valence-electron chi connectivity index (χ1n) is 6.05. The molecule has 1 heterocycles. The van der Waals surface area contributed by atoms with Gasteiger partial charge in [0.05, 0.1) is 0 Å². The normalized spacial score (nSPS) is 14.8. The SMILES string of the molecule is Br.CN1C(=O)C(=O)N(CCCCCCSC(=N)N)C1=S. The summed E-state index contributed by atoms with van der Waals surface area (Å²) in [4.78, 5) is 25.5. The number of nitrogens with one attached hydrogen (secondary N) is 1. The van der Waals surface area contributed by atoms with Crippen molar-refractivity contribution in [3.63, 3.8) is 0 Å². The van der Waals surface area contributed by atoms with Gasteiger partial charge in [-0.25, -0.2) is 0 Å². The van der Waals surface area contributed by atoms with Crippen molar-refractivity contribution in [1.82, 2.24) is 9.80 Å². The van der Waals surface area contributed by atoms with Gasteiger partial charge in [0.15, 0.2) is 10.3 Å². The molecule has 9 heteroatoms. The van der Waals surface area contributed by atoms with Gasteiger partial charge in [0.1, 0.15) is 0 Å². The number of rotatable bonds is 7. The first-order valence-corrected chi connectivity index (χ1v) is 7.45. The molecule has 0 aromatic heterocycles. The van der Waals surface area contributed by atoms with E-state index in [0.717, 1.165) is 31.4 Å². The molecular formula is C11H19BrN4O2S2. The molecule has 2 amide bonds. The number of carbonyl (C=O) groups excluding carboxylic acids is 2. The Morgan fingerprint density at radius 1 is 1.25 bits per heavy atom. The maximum Gasteiger partial charge on any atom is 0.318 e. The number of thiocarbonyl (C=S) groups is 1. The molecule has 0 aliphatic carbocycles. The molecule has 1 saturated heterocycles. The summed E-state index contributed by atoms with van der Waals surface area (Å²) in [6, 6.07) is 0. The molecule has 0 bridgehead atoms. The standard InChI is InChI=1S/C11H18N4O2S2.BrH/c1-14-8(16)9(17)15(11(14)18)6-4-2-3-5-7-19-10(12)13;/h2-7H2,1H3,(H3,12,13);1H. The summed E-state index contributed by atoms with van der Waals surface area (Å²) < 4.78 is 0. The third kappa shape index (κ3) is 5.37. The Kier molecular flexibility index (Phi) is 8.99. The minimum absolute atomic E-state index is 0. The smallest absolute Gasteiger partial charge is 0.318 e. The third-order valence-corrected chi connectivity index (χ3v) is 4.08. The fraction of sp³-hybridized carbons (Fsp3) is 0.636. The van der Waals surface area contributed by atoms with E-state index in [9.17, 15) is 9.59 Å². The molecule has 1 aliphatic rings. The van der Waals surface area contributed by atoms with Crippen LogP contribution in [0.4, 0.5) is 0 Å². The van der Waals surface area contributed by atoms with Gasteiger partial charge in [-0.05, 0) is 25.1 Å². The average molecular weight is 383 g/mol. The molecular weight excluding hydrogens is 364 g/mol. The number of thioether (sulfide) groups is 1. The van der Waals surface area contributed by atoms with Gasteiger partial charge in [0.25, 0.3) is 0 Å². The van der Waals surface area contributed by atoms with Gasteiger partial charge >= 0.3 is 11.8 Å². The van der Waals surface area contributed by atoms with E-state index in [4.69, 9.17) is 23.4 Å². The highest BCUT2D eigenvalue weighted by Crippen LogP contribution is 2.13. The minimum atomic E-state index is -0.553. The molecule has 20 heavy (non-hydrogen) atoms. The Morgan fingerprint density at radius 3 is 2.35 bits per heavy atom. The Bertz CT molecular complexity index is 406. The summed E-state index contributed by atoms with van der Waals surface area (Å²) in [5, 5.41) is 7.49. The van der Waals surface area contributed by atoms with Crippen molar-refractivity contribution >= 4 is 63.1 Å². The summed E-state index contributed by atoms with van der Waals surface area (Å²) in [5.41, 5.74) is 5.22. The highest BCUT2D eigenvalue weighted by molar-refractivity contribution is 8.93.